The fraction of sp³-hybridized carbons (Fsp3) is 0.385. The Kier molecular flexibility index (Phi) is 5.17. The number of thiophene rings is 1. The zero-order valence-corrected chi connectivity index (χ0v) is 14.4. The first kappa shape index (κ1) is 15.5. The number of hydrogen-bond donors (Lipinski definition) is 1. The number of aryl methyl sites for hydroxylation is 1. The number of rotatable bonds is 6. The number of aromatic carboxylic acids is 1. The molecule has 20 heavy (non-hydrogen) atoms. The number of halogens is 1. The summed E-state index contributed by atoms with van der Waals surface area (Å²) in [6, 6.07) is 2.07. The first-order valence-electron chi connectivity index (χ1n) is 6.18. The highest BCUT2D eigenvalue weighted by atomic mass is 79.9. The van der Waals surface area contributed by atoms with E-state index in [-0.39, 0.29) is 0 Å². The molecule has 7 heteroatoms. The summed E-state index contributed by atoms with van der Waals surface area (Å²) in [5, 5.41) is 12.0. The lowest BCUT2D eigenvalue weighted by Crippen LogP contribution is -2.15. The molecule has 0 fully saturated rings. The van der Waals surface area contributed by atoms with Crippen LogP contribution in [0.1, 0.15) is 33.6 Å². The topological polar surface area (TPSA) is 53.4 Å². The van der Waals surface area contributed by atoms with E-state index in [0.29, 0.717) is 17.0 Å². The molecule has 0 bridgehead atoms. The van der Waals surface area contributed by atoms with Crippen LogP contribution in [0.4, 0.5) is 5.13 Å². The average Bonchev–Trinajstić information content (AvgIpc) is 2.96. The van der Waals surface area contributed by atoms with Crippen LogP contribution >= 0.6 is 38.6 Å². The van der Waals surface area contributed by atoms with Gasteiger partial charge in [0.25, 0.3) is 0 Å². The van der Waals surface area contributed by atoms with Gasteiger partial charge in [0.2, 0.25) is 0 Å². The Labute approximate surface area is 134 Å². The van der Waals surface area contributed by atoms with Crippen molar-refractivity contribution in [3.63, 3.8) is 0 Å². The number of thiazole rings is 1. The Bertz CT molecular complexity index is 609. The molecular formula is C13H15BrN2O2S2. The third kappa shape index (κ3) is 3.59. The molecule has 0 saturated heterocycles. The van der Waals surface area contributed by atoms with Gasteiger partial charge in [0.1, 0.15) is 4.88 Å². The van der Waals surface area contributed by atoms with E-state index in [2.05, 4.69) is 27.0 Å². The van der Waals surface area contributed by atoms with Gasteiger partial charge in [-0.25, -0.2) is 9.78 Å². The molecule has 0 unspecified atom stereocenters. The summed E-state index contributed by atoms with van der Waals surface area (Å²) >= 11 is 6.36. The van der Waals surface area contributed by atoms with Crippen molar-refractivity contribution in [1.82, 2.24) is 4.98 Å². The highest BCUT2D eigenvalue weighted by molar-refractivity contribution is 9.10. The van der Waals surface area contributed by atoms with Gasteiger partial charge >= 0.3 is 5.97 Å². The van der Waals surface area contributed by atoms with E-state index in [1.54, 1.807) is 11.3 Å². The first-order chi connectivity index (χ1) is 9.51. The zero-order chi connectivity index (χ0) is 14.7. The van der Waals surface area contributed by atoms with Gasteiger partial charge in [0, 0.05) is 21.8 Å². The monoisotopic (exact) mass is 374 g/mol. The van der Waals surface area contributed by atoms with Crippen molar-refractivity contribution in [2.45, 2.75) is 26.3 Å². The Morgan fingerprint density at radius 2 is 2.30 bits per heavy atom. The van der Waals surface area contributed by atoms with Crippen molar-refractivity contribution in [2.24, 2.45) is 0 Å². The van der Waals surface area contributed by atoms with E-state index in [1.165, 1.54) is 16.2 Å². The van der Waals surface area contributed by atoms with Crippen LogP contribution in [0.5, 0.6) is 0 Å². The van der Waals surface area contributed by atoms with Gasteiger partial charge in [-0.3, -0.25) is 0 Å². The second-order valence-corrected chi connectivity index (χ2v) is 7.30. The van der Waals surface area contributed by atoms with E-state index in [0.717, 1.165) is 22.6 Å². The number of carboxylic acids is 1. The summed E-state index contributed by atoms with van der Waals surface area (Å²) in [7, 11) is 1.94. The van der Waals surface area contributed by atoms with Gasteiger partial charge in [-0.05, 0) is 28.4 Å². The van der Waals surface area contributed by atoms with Crippen molar-refractivity contribution < 1.29 is 9.90 Å². The van der Waals surface area contributed by atoms with Crippen LogP contribution in [0.2, 0.25) is 0 Å². The molecule has 2 aromatic rings. The number of carboxylic acid groups (broad SMARTS) is 1. The summed E-state index contributed by atoms with van der Waals surface area (Å²) in [4.78, 5) is 19.3. The summed E-state index contributed by atoms with van der Waals surface area (Å²) in [6.07, 6.45) is 1.60. The van der Waals surface area contributed by atoms with Crippen LogP contribution in [-0.4, -0.2) is 23.1 Å². The Balaban J connectivity index is 2.19. The van der Waals surface area contributed by atoms with Crippen molar-refractivity contribution >= 4 is 49.7 Å². The third-order valence-corrected chi connectivity index (χ3v) is 5.59. The minimum atomic E-state index is -0.885. The largest absolute Gasteiger partial charge is 0.477 e. The molecule has 0 amide bonds. The van der Waals surface area contributed by atoms with Crippen LogP contribution in [0.25, 0.3) is 0 Å². The maximum Gasteiger partial charge on any atom is 0.347 e. The molecule has 1 N–H and O–H groups in total. The molecule has 0 radical (unpaired) electrons. The van der Waals surface area contributed by atoms with E-state index in [1.807, 2.05) is 24.3 Å². The average molecular weight is 375 g/mol. The summed E-state index contributed by atoms with van der Waals surface area (Å²) in [5.74, 6) is -0.885. The highest BCUT2D eigenvalue weighted by Crippen LogP contribution is 2.29. The minimum absolute atomic E-state index is 0.362. The fourth-order valence-corrected chi connectivity index (χ4v) is 4.23. The molecular weight excluding hydrogens is 360 g/mol. The molecule has 0 saturated carbocycles. The molecule has 2 aromatic heterocycles. The minimum Gasteiger partial charge on any atom is -0.477 e. The molecule has 4 nitrogen and oxygen atoms in total. The summed E-state index contributed by atoms with van der Waals surface area (Å²) in [5.41, 5.74) is 0.694. The van der Waals surface area contributed by atoms with E-state index >= 15 is 0 Å². The lowest BCUT2D eigenvalue weighted by molar-refractivity contribution is 0.0700. The number of hydrogen-bond acceptors (Lipinski definition) is 5. The predicted molar refractivity (Wildman–Crippen MR) is 87.2 cm³/mol. The quantitative estimate of drug-likeness (QED) is 0.820. The highest BCUT2D eigenvalue weighted by Gasteiger charge is 2.18. The molecule has 2 heterocycles. The second kappa shape index (κ2) is 6.69. The van der Waals surface area contributed by atoms with Crippen molar-refractivity contribution in [3.05, 3.63) is 31.4 Å². The number of nitrogens with zero attached hydrogens (tertiary/aromatic N) is 2. The van der Waals surface area contributed by atoms with Crippen LogP contribution in [-0.2, 0) is 13.0 Å². The van der Waals surface area contributed by atoms with Crippen LogP contribution in [0, 0.1) is 0 Å². The van der Waals surface area contributed by atoms with Crippen LogP contribution in [0.3, 0.4) is 0 Å². The zero-order valence-electron chi connectivity index (χ0n) is 11.2. The van der Waals surface area contributed by atoms with Crippen molar-refractivity contribution in [3.8, 4) is 0 Å². The smallest absolute Gasteiger partial charge is 0.347 e. The van der Waals surface area contributed by atoms with Crippen molar-refractivity contribution in [2.75, 3.05) is 11.9 Å². The van der Waals surface area contributed by atoms with Gasteiger partial charge < -0.3 is 10.0 Å². The number of anilines is 1. The molecule has 0 aliphatic rings. The fourth-order valence-electron chi connectivity index (χ4n) is 1.81. The van der Waals surface area contributed by atoms with E-state index < -0.39 is 5.97 Å². The maximum absolute atomic E-state index is 11.2. The molecule has 0 aromatic carbocycles. The Morgan fingerprint density at radius 3 is 2.85 bits per heavy atom. The SMILES string of the molecule is CCCc1nc(N(C)Cc2cc(Br)cs2)sc1C(=O)O. The first-order valence-corrected chi connectivity index (χ1v) is 8.67. The Morgan fingerprint density at radius 1 is 1.55 bits per heavy atom. The molecule has 2 rings (SSSR count). The van der Waals surface area contributed by atoms with Gasteiger partial charge in [-0.2, -0.15) is 0 Å². The molecule has 108 valence electrons. The standard InChI is InChI=1S/C13H15BrN2O2S2/c1-3-4-10-11(12(17)18)20-13(15-10)16(2)6-9-5-8(14)7-19-9/h5,7H,3-4,6H2,1-2H3,(H,17,18). The van der Waals surface area contributed by atoms with E-state index in [4.69, 9.17) is 0 Å². The molecule has 0 atom stereocenters. The Hall–Kier alpha value is -0.920. The number of carbonyl (C=O) groups is 1. The molecule has 0 spiro atoms. The lowest BCUT2D eigenvalue weighted by atomic mass is 10.2. The summed E-state index contributed by atoms with van der Waals surface area (Å²) < 4.78 is 1.07. The van der Waals surface area contributed by atoms with Crippen LogP contribution < -0.4 is 4.90 Å². The van der Waals surface area contributed by atoms with Gasteiger partial charge in [0.05, 0.1) is 12.2 Å². The third-order valence-electron chi connectivity index (χ3n) is 2.71. The van der Waals surface area contributed by atoms with E-state index in [9.17, 15) is 9.90 Å². The molecule has 0 aliphatic heterocycles. The summed E-state index contributed by atoms with van der Waals surface area (Å²) in [6.45, 7) is 2.76. The predicted octanol–water partition coefficient (Wildman–Crippen LogP) is 4.25. The van der Waals surface area contributed by atoms with Gasteiger partial charge in [-0.1, -0.05) is 24.7 Å². The lowest BCUT2D eigenvalue weighted by Gasteiger charge is -2.14. The maximum atomic E-state index is 11.2. The normalized spacial score (nSPS) is 10.8. The van der Waals surface area contributed by atoms with Crippen LogP contribution in [0.15, 0.2) is 15.9 Å². The van der Waals surface area contributed by atoms with Crippen molar-refractivity contribution in [1.29, 1.82) is 0 Å². The molecule has 0 aliphatic carbocycles. The van der Waals surface area contributed by atoms with Gasteiger partial charge in [0.15, 0.2) is 5.13 Å². The van der Waals surface area contributed by atoms with Gasteiger partial charge in [-0.15, -0.1) is 11.3 Å². The second-order valence-electron chi connectivity index (χ2n) is 4.41. The number of aromatic nitrogens is 1.